The summed E-state index contributed by atoms with van der Waals surface area (Å²) >= 11 is 1.77. The molecule has 0 spiro atoms. The molecular formula is C14H15FN2S. The molecule has 0 radical (unpaired) electrons. The van der Waals surface area contributed by atoms with E-state index in [9.17, 15) is 4.39 Å². The van der Waals surface area contributed by atoms with Crippen LogP contribution in [0.4, 0.5) is 21.5 Å². The van der Waals surface area contributed by atoms with Crippen LogP contribution in [0, 0.1) is 5.82 Å². The van der Waals surface area contributed by atoms with Crippen LogP contribution in [0.25, 0.3) is 0 Å². The third-order valence-corrected chi connectivity index (χ3v) is 3.37. The van der Waals surface area contributed by atoms with Crippen molar-refractivity contribution in [2.24, 2.45) is 0 Å². The predicted molar refractivity (Wildman–Crippen MR) is 76.9 cm³/mol. The van der Waals surface area contributed by atoms with Gasteiger partial charge in [0.25, 0.3) is 0 Å². The second-order valence-electron chi connectivity index (χ2n) is 3.79. The molecule has 0 aliphatic rings. The molecule has 4 heteroatoms. The van der Waals surface area contributed by atoms with Crippen LogP contribution in [0.3, 0.4) is 0 Å². The average molecular weight is 262 g/mol. The van der Waals surface area contributed by atoms with Crippen LogP contribution in [0.1, 0.15) is 6.92 Å². The Kier molecular flexibility index (Phi) is 4.10. The van der Waals surface area contributed by atoms with Gasteiger partial charge in [0, 0.05) is 10.6 Å². The van der Waals surface area contributed by atoms with Crippen LogP contribution in [-0.2, 0) is 0 Å². The smallest absolute Gasteiger partial charge is 0.148 e. The van der Waals surface area contributed by atoms with E-state index in [1.54, 1.807) is 23.9 Å². The Hall–Kier alpha value is -1.68. The first-order valence-electron chi connectivity index (χ1n) is 5.74. The molecule has 0 aliphatic heterocycles. The average Bonchev–Trinajstić information content (AvgIpc) is 2.36. The molecule has 0 fully saturated rings. The lowest BCUT2D eigenvalue weighted by Gasteiger charge is -2.10. The highest BCUT2D eigenvalue weighted by molar-refractivity contribution is 7.99. The molecule has 0 heterocycles. The van der Waals surface area contributed by atoms with Crippen molar-refractivity contribution in [2.45, 2.75) is 11.8 Å². The fraction of sp³-hybridized carbons (Fsp3) is 0.143. The fourth-order valence-electron chi connectivity index (χ4n) is 1.62. The van der Waals surface area contributed by atoms with Crippen molar-refractivity contribution in [1.82, 2.24) is 0 Å². The Balaban J connectivity index is 2.18. The number of halogens is 1. The molecule has 2 aromatic rings. The van der Waals surface area contributed by atoms with Gasteiger partial charge in [-0.2, -0.15) is 0 Å². The van der Waals surface area contributed by atoms with Crippen molar-refractivity contribution in [1.29, 1.82) is 0 Å². The van der Waals surface area contributed by atoms with Gasteiger partial charge >= 0.3 is 0 Å². The van der Waals surface area contributed by atoms with Gasteiger partial charge in [-0.15, -0.1) is 11.8 Å². The topological polar surface area (TPSA) is 38.0 Å². The van der Waals surface area contributed by atoms with Gasteiger partial charge in [-0.25, -0.2) is 4.39 Å². The molecule has 0 amide bonds. The molecule has 94 valence electrons. The number of rotatable bonds is 4. The van der Waals surface area contributed by atoms with Gasteiger partial charge in [0.1, 0.15) is 5.82 Å². The molecule has 3 N–H and O–H groups in total. The lowest BCUT2D eigenvalue weighted by Crippen LogP contribution is -1.98. The molecule has 0 aromatic heterocycles. The normalized spacial score (nSPS) is 10.3. The summed E-state index contributed by atoms with van der Waals surface area (Å²) in [6, 6.07) is 12.5. The van der Waals surface area contributed by atoms with Crippen molar-refractivity contribution in [3.63, 3.8) is 0 Å². The van der Waals surface area contributed by atoms with Gasteiger partial charge in [-0.05, 0) is 42.2 Å². The quantitative estimate of drug-likeness (QED) is 0.638. The van der Waals surface area contributed by atoms with E-state index >= 15 is 0 Å². The van der Waals surface area contributed by atoms with Crippen molar-refractivity contribution in [2.75, 3.05) is 16.8 Å². The summed E-state index contributed by atoms with van der Waals surface area (Å²) in [5, 5.41) is 3.00. The van der Waals surface area contributed by atoms with Crippen molar-refractivity contribution < 1.29 is 4.39 Å². The largest absolute Gasteiger partial charge is 0.397 e. The van der Waals surface area contributed by atoms with Crippen molar-refractivity contribution >= 4 is 28.8 Å². The number of hydrogen-bond donors (Lipinski definition) is 2. The van der Waals surface area contributed by atoms with E-state index in [4.69, 9.17) is 5.73 Å². The van der Waals surface area contributed by atoms with E-state index in [2.05, 4.69) is 12.2 Å². The SMILES string of the molecule is CCSc1ccc(Nc2c(N)cccc2F)cc1. The number of nitrogen functional groups attached to an aromatic ring is 1. The van der Waals surface area contributed by atoms with E-state index < -0.39 is 0 Å². The number of nitrogens with two attached hydrogens (primary N) is 1. The first-order chi connectivity index (χ1) is 8.70. The molecule has 2 nitrogen and oxygen atoms in total. The second kappa shape index (κ2) is 5.78. The summed E-state index contributed by atoms with van der Waals surface area (Å²) in [6.45, 7) is 2.11. The summed E-state index contributed by atoms with van der Waals surface area (Å²) in [4.78, 5) is 1.20. The van der Waals surface area contributed by atoms with E-state index in [0.717, 1.165) is 11.4 Å². The predicted octanol–water partition coefficient (Wildman–Crippen LogP) is 4.26. The molecule has 0 aliphatic carbocycles. The van der Waals surface area contributed by atoms with Crippen LogP contribution >= 0.6 is 11.8 Å². The Morgan fingerprint density at radius 1 is 1.17 bits per heavy atom. The highest BCUT2D eigenvalue weighted by Gasteiger charge is 2.05. The van der Waals surface area contributed by atoms with Crippen LogP contribution in [0.5, 0.6) is 0 Å². The van der Waals surface area contributed by atoms with Gasteiger partial charge in [-0.3, -0.25) is 0 Å². The van der Waals surface area contributed by atoms with Crippen molar-refractivity contribution in [3.8, 4) is 0 Å². The Morgan fingerprint density at radius 2 is 1.89 bits per heavy atom. The maximum atomic E-state index is 13.6. The van der Waals surface area contributed by atoms with Crippen LogP contribution in [0.15, 0.2) is 47.4 Å². The fourth-order valence-corrected chi connectivity index (χ4v) is 2.28. The summed E-state index contributed by atoms with van der Waals surface area (Å²) < 4.78 is 13.6. The number of benzene rings is 2. The maximum Gasteiger partial charge on any atom is 0.148 e. The Labute approximate surface area is 110 Å². The first kappa shape index (κ1) is 12.8. The minimum absolute atomic E-state index is 0.327. The summed E-state index contributed by atoms with van der Waals surface area (Å²) in [6.07, 6.45) is 0. The van der Waals surface area contributed by atoms with Gasteiger partial charge < -0.3 is 11.1 Å². The molecule has 0 saturated heterocycles. The van der Waals surface area contributed by atoms with Gasteiger partial charge in [0.2, 0.25) is 0 Å². The summed E-state index contributed by atoms with van der Waals surface area (Å²) in [5.74, 6) is 0.689. The van der Waals surface area contributed by atoms with Gasteiger partial charge in [0.15, 0.2) is 0 Å². The van der Waals surface area contributed by atoms with Crippen LogP contribution < -0.4 is 11.1 Å². The van der Waals surface area contributed by atoms with Crippen molar-refractivity contribution in [3.05, 3.63) is 48.3 Å². The minimum Gasteiger partial charge on any atom is -0.397 e. The molecule has 2 rings (SSSR count). The maximum absolute atomic E-state index is 13.6. The third-order valence-electron chi connectivity index (χ3n) is 2.48. The van der Waals surface area contributed by atoms with E-state index in [1.807, 2.05) is 24.3 Å². The minimum atomic E-state index is -0.345. The lowest BCUT2D eigenvalue weighted by atomic mass is 10.2. The molecule has 2 aromatic carbocycles. The van der Waals surface area contributed by atoms with E-state index in [1.165, 1.54) is 11.0 Å². The standard InChI is InChI=1S/C14H15FN2S/c1-2-18-11-8-6-10(7-9-11)17-14-12(15)4-3-5-13(14)16/h3-9,17H,2,16H2,1H3. The molecule has 0 bridgehead atoms. The molecule has 0 saturated carbocycles. The van der Waals surface area contributed by atoms with Gasteiger partial charge in [0.05, 0.1) is 11.4 Å². The molecule has 0 unspecified atom stereocenters. The Morgan fingerprint density at radius 3 is 2.50 bits per heavy atom. The zero-order valence-corrected chi connectivity index (χ0v) is 10.9. The zero-order valence-electron chi connectivity index (χ0n) is 10.1. The second-order valence-corrected chi connectivity index (χ2v) is 5.12. The number of anilines is 3. The highest BCUT2D eigenvalue weighted by Crippen LogP contribution is 2.27. The molecular weight excluding hydrogens is 247 g/mol. The number of thioether (sulfide) groups is 1. The van der Waals surface area contributed by atoms with Crippen LogP contribution in [0.2, 0.25) is 0 Å². The van der Waals surface area contributed by atoms with E-state index in [0.29, 0.717) is 11.4 Å². The number of hydrogen-bond acceptors (Lipinski definition) is 3. The Bertz CT molecular complexity index is 506. The monoisotopic (exact) mass is 262 g/mol. The molecule has 18 heavy (non-hydrogen) atoms. The molecule has 0 atom stereocenters. The van der Waals surface area contributed by atoms with Crippen LogP contribution in [-0.4, -0.2) is 5.75 Å². The summed E-state index contributed by atoms with van der Waals surface area (Å²) in [7, 11) is 0. The number of nitrogens with one attached hydrogen (secondary N) is 1. The number of para-hydroxylation sites is 1. The third kappa shape index (κ3) is 2.96. The highest BCUT2D eigenvalue weighted by atomic mass is 32.2. The first-order valence-corrected chi connectivity index (χ1v) is 6.73. The lowest BCUT2D eigenvalue weighted by molar-refractivity contribution is 0.632. The summed E-state index contributed by atoms with van der Waals surface area (Å²) in [5.41, 5.74) is 7.30. The van der Waals surface area contributed by atoms with Gasteiger partial charge in [-0.1, -0.05) is 13.0 Å². The zero-order chi connectivity index (χ0) is 13.0. The van der Waals surface area contributed by atoms with E-state index in [-0.39, 0.29) is 5.82 Å².